The fraction of sp³-hybridized carbons (Fsp3) is 0.200. The van der Waals surface area contributed by atoms with Crippen molar-refractivity contribution in [3.63, 3.8) is 0 Å². The Labute approximate surface area is 62.5 Å². The van der Waals surface area contributed by atoms with Crippen molar-refractivity contribution in [2.75, 3.05) is 6.61 Å². The average Bonchev–Trinajstić information content (AvgIpc) is 1.98. The topological polar surface area (TPSA) is 52.6 Å². The molecule has 0 radical (unpaired) electrons. The van der Waals surface area contributed by atoms with Gasteiger partial charge in [-0.15, -0.1) is 0 Å². The van der Waals surface area contributed by atoms with Gasteiger partial charge in [0.15, 0.2) is 0 Å². The van der Waals surface area contributed by atoms with Gasteiger partial charge in [0.25, 0.3) is 0 Å². The molecule has 5 heteroatoms. The van der Waals surface area contributed by atoms with E-state index < -0.39 is 11.9 Å². The predicted molar refractivity (Wildman–Crippen MR) is 33.1 cm³/mol. The number of carbonyl (C=O) groups excluding carboxylic acids is 2. The summed E-state index contributed by atoms with van der Waals surface area (Å²) in [5.41, 5.74) is 0. The van der Waals surface area contributed by atoms with E-state index in [2.05, 4.69) is 27.5 Å². The second kappa shape index (κ2) is 4.81. The van der Waals surface area contributed by atoms with Gasteiger partial charge in [0, 0.05) is 0 Å². The van der Waals surface area contributed by atoms with Gasteiger partial charge in [-0.05, 0) is 0 Å². The Morgan fingerprint density at radius 1 is 1.50 bits per heavy atom. The SMILES string of the molecule is C=CCOC(=O)C(=O)OCl. The number of hydrogen-bond donors (Lipinski definition) is 0. The van der Waals surface area contributed by atoms with Crippen LogP contribution in [0, 0.1) is 0 Å². The summed E-state index contributed by atoms with van der Waals surface area (Å²) >= 11 is 4.55. The molecule has 0 amide bonds. The van der Waals surface area contributed by atoms with Gasteiger partial charge in [0.1, 0.15) is 18.5 Å². The Kier molecular flexibility index (Phi) is 4.32. The maximum absolute atomic E-state index is 10.3. The van der Waals surface area contributed by atoms with Crippen LogP contribution >= 0.6 is 11.9 Å². The molecule has 0 unspecified atom stereocenters. The molecular weight excluding hydrogens is 160 g/mol. The first-order valence-electron chi connectivity index (χ1n) is 2.33. The van der Waals surface area contributed by atoms with Crippen molar-refractivity contribution in [3.8, 4) is 0 Å². The zero-order valence-corrected chi connectivity index (χ0v) is 5.76. The van der Waals surface area contributed by atoms with Crippen molar-refractivity contribution in [1.82, 2.24) is 0 Å². The summed E-state index contributed by atoms with van der Waals surface area (Å²) in [6, 6.07) is 0. The molecule has 56 valence electrons. The lowest BCUT2D eigenvalue weighted by atomic mass is 10.6. The highest BCUT2D eigenvalue weighted by atomic mass is 35.5. The fourth-order valence-corrected chi connectivity index (χ4v) is 0.288. The quantitative estimate of drug-likeness (QED) is 0.337. The Morgan fingerprint density at radius 3 is 2.50 bits per heavy atom. The van der Waals surface area contributed by atoms with E-state index in [-0.39, 0.29) is 6.61 Å². The average molecular weight is 165 g/mol. The number of carbonyl (C=O) groups is 2. The maximum atomic E-state index is 10.3. The normalized spacial score (nSPS) is 8.10. The first-order valence-corrected chi connectivity index (χ1v) is 2.63. The lowest BCUT2D eigenvalue weighted by molar-refractivity contribution is -0.161. The van der Waals surface area contributed by atoms with Crippen molar-refractivity contribution in [2.24, 2.45) is 0 Å². The zero-order chi connectivity index (χ0) is 7.98. The summed E-state index contributed by atoms with van der Waals surface area (Å²) in [4.78, 5) is 20.5. The summed E-state index contributed by atoms with van der Waals surface area (Å²) in [7, 11) is 0. The first-order chi connectivity index (χ1) is 4.72. The van der Waals surface area contributed by atoms with Gasteiger partial charge in [0.05, 0.1) is 0 Å². The minimum Gasteiger partial charge on any atom is -0.453 e. The lowest BCUT2D eigenvalue weighted by Gasteiger charge is -1.95. The van der Waals surface area contributed by atoms with Crippen molar-refractivity contribution in [3.05, 3.63) is 12.7 Å². The van der Waals surface area contributed by atoms with Crippen LogP contribution < -0.4 is 0 Å². The summed E-state index contributed by atoms with van der Waals surface area (Å²) in [6.45, 7) is 3.22. The molecule has 10 heavy (non-hydrogen) atoms. The Balaban J connectivity index is 3.62. The molecule has 0 aliphatic rings. The van der Waals surface area contributed by atoms with Gasteiger partial charge >= 0.3 is 11.9 Å². The van der Waals surface area contributed by atoms with Gasteiger partial charge in [-0.25, -0.2) is 9.59 Å². The first kappa shape index (κ1) is 8.97. The van der Waals surface area contributed by atoms with Crippen LogP contribution in [0.1, 0.15) is 0 Å². The molecule has 0 atom stereocenters. The van der Waals surface area contributed by atoms with E-state index in [1.165, 1.54) is 6.08 Å². The summed E-state index contributed by atoms with van der Waals surface area (Å²) in [5, 5.41) is 0. The highest BCUT2D eigenvalue weighted by molar-refractivity contribution is 6.35. The smallest absolute Gasteiger partial charge is 0.435 e. The molecular formula is C5H5ClO4. The number of halogens is 1. The molecule has 0 saturated carbocycles. The van der Waals surface area contributed by atoms with Gasteiger partial charge in [0.2, 0.25) is 0 Å². The second-order valence-electron chi connectivity index (χ2n) is 1.25. The van der Waals surface area contributed by atoms with Crippen LogP contribution in [0.4, 0.5) is 0 Å². The summed E-state index contributed by atoms with van der Waals surface area (Å²) in [6.07, 6.45) is 1.32. The van der Waals surface area contributed by atoms with E-state index in [0.717, 1.165) is 0 Å². The van der Waals surface area contributed by atoms with Crippen molar-refractivity contribution in [1.29, 1.82) is 0 Å². The minimum absolute atomic E-state index is 0.0369. The summed E-state index contributed by atoms with van der Waals surface area (Å²) < 4.78 is 7.76. The van der Waals surface area contributed by atoms with Crippen LogP contribution in [0.25, 0.3) is 0 Å². The van der Waals surface area contributed by atoms with Crippen LogP contribution in [-0.2, 0) is 18.6 Å². The maximum Gasteiger partial charge on any atom is 0.435 e. The van der Waals surface area contributed by atoms with E-state index in [4.69, 9.17) is 0 Å². The molecule has 0 saturated heterocycles. The second-order valence-corrected chi connectivity index (χ2v) is 1.41. The molecule has 0 aliphatic carbocycles. The van der Waals surface area contributed by atoms with Crippen LogP contribution in [0.5, 0.6) is 0 Å². The third-order valence-electron chi connectivity index (χ3n) is 0.569. The van der Waals surface area contributed by atoms with Gasteiger partial charge in [-0.1, -0.05) is 12.7 Å². The van der Waals surface area contributed by atoms with Gasteiger partial charge in [-0.2, -0.15) is 0 Å². The number of rotatable bonds is 2. The van der Waals surface area contributed by atoms with E-state index in [0.29, 0.717) is 0 Å². The zero-order valence-electron chi connectivity index (χ0n) is 5.00. The molecule has 0 fully saturated rings. The molecule has 0 N–H and O–H groups in total. The van der Waals surface area contributed by atoms with Crippen molar-refractivity contribution < 1.29 is 18.6 Å². The molecule has 0 heterocycles. The third-order valence-corrected chi connectivity index (χ3v) is 0.709. The third kappa shape index (κ3) is 3.09. The number of ether oxygens (including phenoxy) is 1. The summed E-state index contributed by atoms with van der Waals surface area (Å²) in [5.74, 6) is -2.36. The molecule has 0 bridgehead atoms. The Morgan fingerprint density at radius 2 is 2.10 bits per heavy atom. The van der Waals surface area contributed by atoms with E-state index >= 15 is 0 Å². The molecule has 0 aliphatic heterocycles. The predicted octanol–water partition coefficient (Wildman–Crippen LogP) is 0.413. The number of hydrogen-bond acceptors (Lipinski definition) is 4. The molecule has 4 nitrogen and oxygen atoms in total. The lowest BCUT2D eigenvalue weighted by Crippen LogP contribution is -2.16. The van der Waals surface area contributed by atoms with Crippen molar-refractivity contribution in [2.45, 2.75) is 0 Å². The fourth-order valence-electron chi connectivity index (χ4n) is 0.225. The van der Waals surface area contributed by atoms with E-state index in [9.17, 15) is 9.59 Å². The Hall–Kier alpha value is -1.03. The number of esters is 1. The van der Waals surface area contributed by atoms with E-state index in [1.54, 1.807) is 0 Å². The van der Waals surface area contributed by atoms with Crippen LogP contribution in [0.2, 0.25) is 0 Å². The molecule has 0 spiro atoms. The van der Waals surface area contributed by atoms with Crippen LogP contribution in [0.3, 0.4) is 0 Å². The van der Waals surface area contributed by atoms with Crippen LogP contribution in [0.15, 0.2) is 12.7 Å². The standard InChI is InChI=1S/C5H5ClO4/c1-2-3-9-4(7)5(8)10-6/h2H,1,3H2. The minimum atomic E-state index is -1.23. The van der Waals surface area contributed by atoms with Gasteiger partial charge < -0.3 is 9.03 Å². The van der Waals surface area contributed by atoms with Crippen molar-refractivity contribution >= 4 is 23.8 Å². The van der Waals surface area contributed by atoms with Crippen LogP contribution in [-0.4, -0.2) is 18.5 Å². The molecule has 0 aromatic rings. The largest absolute Gasteiger partial charge is 0.453 e. The molecule has 0 aromatic carbocycles. The van der Waals surface area contributed by atoms with Gasteiger partial charge in [-0.3, -0.25) is 0 Å². The Bertz CT molecular complexity index is 154. The molecule has 0 aromatic heterocycles. The van der Waals surface area contributed by atoms with E-state index in [1.807, 2.05) is 0 Å². The highest BCUT2D eigenvalue weighted by Crippen LogP contribution is 1.86. The highest BCUT2D eigenvalue weighted by Gasteiger charge is 2.15. The molecule has 0 rings (SSSR count). The monoisotopic (exact) mass is 164 g/mol.